The van der Waals surface area contributed by atoms with Gasteiger partial charge in [0, 0.05) is 19.4 Å². The van der Waals surface area contributed by atoms with Crippen molar-refractivity contribution in [1.29, 1.82) is 0 Å². The minimum Gasteiger partial charge on any atom is -0.339 e. The number of benzene rings is 2. The zero-order valence-corrected chi connectivity index (χ0v) is 20.1. The molecule has 2 aromatic carbocycles. The number of hydrogen-bond donors (Lipinski definition) is 1. The minimum absolute atomic E-state index is 0.122. The molecule has 0 radical (unpaired) electrons. The maximum Gasteiger partial charge on any atom is 0.222 e. The smallest absolute Gasteiger partial charge is 0.222 e. The van der Waals surface area contributed by atoms with Gasteiger partial charge in [-0.2, -0.15) is 0 Å². The van der Waals surface area contributed by atoms with Gasteiger partial charge in [0.1, 0.15) is 0 Å². The van der Waals surface area contributed by atoms with Crippen molar-refractivity contribution in [3.63, 3.8) is 0 Å². The SMILES string of the molecule is C=CC.CN(C(=O)CCCCCN)C1CCC(c2ccc(Cl)c(Cl)c2)c2ccccc21. The topological polar surface area (TPSA) is 46.3 Å². The molecule has 3 nitrogen and oxygen atoms in total. The van der Waals surface area contributed by atoms with Gasteiger partial charge < -0.3 is 10.6 Å². The number of nitrogens with two attached hydrogens (primary N) is 1. The molecule has 0 aliphatic heterocycles. The van der Waals surface area contributed by atoms with Crippen LogP contribution >= 0.6 is 23.2 Å². The Morgan fingerprint density at radius 1 is 1.10 bits per heavy atom. The highest BCUT2D eigenvalue weighted by Gasteiger charge is 2.31. The van der Waals surface area contributed by atoms with E-state index in [1.165, 1.54) is 16.7 Å². The molecule has 31 heavy (non-hydrogen) atoms. The first-order valence-electron chi connectivity index (χ1n) is 11.0. The Balaban J connectivity index is 0.00000107. The molecule has 0 aromatic heterocycles. The number of rotatable bonds is 7. The fourth-order valence-electron chi connectivity index (χ4n) is 4.19. The van der Waals surface area contributed by atoms with Crippen LogP contribution < -0.4 is 5.73 Å². The van der Waals surface area contributed by atoms with Crippen molar-refractivity contribution in [3.05, 3.63) is 81.9 Å². The van der Waals surface area contributed by atoms with Crippen LogP contribution in [0.5, 0.6) is 0 Å². The Labute approximate surface area is 197 Å². The van der Waals surface area contributed by atoms with Crippen LogP contribution in [0.4, 0.5) is 0 Å². The molecule has 1 amide bonds. The Morgan fingerprint density at radius 3 is 2.42 bits per heavy atom. The molecule has 2 aromatic rings. The molecule has 2 unspecified atom stereocenters. The lowest BCUT2D eigenvalue weighted by Crippen LogP contribution is -2.34. The summed E-state index contributed by atoms with van der Waals surface area (Å²) >= 11 is 12.4. The summed E-state index contributed by atoms with van der Waals surface area (Å²) in [6.45, 7) is 5.94. The lowest BCUT2D eigenvalue weighted by Gasteiger charge is -2.37. The highest BCUT2D eigenvalue weighted by Crippen LogP contribution is 2.44. The quantitative estimate of drug-likeness (QED) is 0.352. The first-order chi connectivity index (χ1) is 14.9. The second-order valence-corrected chi connectivity index (χ2v) is 8.77. The lowest BCUT2D eigenvalue weighted by molar-refractivity contribution is -0.132. The van der Waals surface area contributed by atoms with Gasteiger partial charge in [0.15, 0.2) is 0 Å². The highest BCUT2D eigenvalue weighted by molar-refractivity contribution is 6.42. The van der Waals surface area contributed by atoms with E-state index in [0.717, 1.165) is 32.1 Å². The van der Waals surface area contributed by atoms with Gasteiger partial charge in [0.05, 0.1) is 16.1 Å². The Bertz CT molecular complexity index is 868. The van der Waals surface area contributed by atoms with Gasteiger partial charge in [-0.15, -0.1) is 6.58 Å². The molecule has 3 rings (SSSR count). The molecule has 0 bridgehead atoms. The number of unbranched alkanes of at least 4 members (excludes halogenated alkanes) is 2. The highest BCUT2D eigenvalue weighted by atomic mass is 35.5. The summed E-state index contributed by atoms with van der Waals surface area (Å²) in [4.78, 5) is 14.6. The zero-order valence-electron chi connectivity index (χ0n) is 18.6. The average molecular weight is 461 g/mol. The molecule has 1 aliphatic rings. The summed E-state index contributed by atoms with van der Waals surface area (Å²) in [5, 5.41) is 1.16. The molecule has 2 N–H and O–H groups in total. The van der Waals surface area contributed by atoms with E-state index >= 15 is 0 Å². The molecule has 0 spiro atoms. The Morgan fingerprint density at radius 2 is 1.77 bits per heavy atom. The van der Waals surface area contributed by atoms with E-state index in [0.29, 0.717) is 23.0 Å². The Hall–Kier alpha value is -1.81. The van der Waals surface area contributed by atoms with Crippen molar-refractivity contribution in [2.24, 2.45) is 5.73 Å². The van der Waals surface area contributed by atoms with Crippen LogP contribution in [0.25, 0.3) is 0 Å². The van der Waals surface area contributed by atoms with E-state index in [1.54, 1.807) is 6.08 Å². The number of halogens is 2. The van der Waals surface area contributed by atoms with Gasteiger partial charge in [-0.3, -0.25) is 4.79 Å². The van der Waals surface area contributed by atoms with Crippen LogP contribution in [-0.4, -0.2) is 24.4 Å². The van der Waals surface area contributed by atoms with Crippen molar-refractivity contribution in [1.82, 2.24) is 4.90 Å². The fraction of sp³-hybridized carbons (Fsp3) is 0.423. The van der Waals surface area contributed by atoms with Crippen LogP contribution in [0.1, 0.15) is 74.1 Å². The second-order valence-electron chi connectivity index (χ2n) is 7.96. The molecule has 0 heterocycles. The lowest BCUT2D eigenvalue weighted by atomic mass is 9.76. The number of fused-ring (bicyclic) bond motifs is 1. The number of allylic oxidation sites excluding steroid dienone is 1. The number of nitrogens with zero attached hydrogens (tertiary/aromatic N) is 1. The first kappa shape index (κ1) is 25.5. The average Bonchev–Trinajstić information content (AvgIpc) is 2.78. The van der Waals surface area contributed by atoms with Gasteiger partial charge in [-0.05, 0) is 68.0 Å². The third-order valence-electron chi connectivity index (χ3n) is 5.76. The van der Waals surface area contributed by atoms with Gasteiger partial charge in [-0.1, -0.05) is 66.0 Å². The summed E-state index contributed by atoms with van der Waals surface area (Å²) in [5.74, 6) is 0.486. The fourth-order valence-corrected chi connectivity index (χ4v) is 4.50. The van der Waals surface area contributed by atoms with E-state index in [4.69, 9.17) is 28.9 Å². The van der Waals surface area contributed by atoms with Gasteiger partial charge in [-0.25, -0.2) is 0 Å². The zero-order chi connectivity index (χ0) is 22.8. The van der Waals surface area contributed by atoms with E-state index < -0.39 is 0 Å². The van der Waals surface area contributed by atoms with Crippen molar-refractivity contribution in [2.45, 2.75) is 57.4 Å². The van der Waals surface area contributed by atoms with Crippen molar-refractivity contribution in [3.8, 4) is 0 Å². The summed E-state index contributed by atoms with van der Waals surface area (Å²) in [7, 11) is 1.94. The molecule has 1 aliphatic carbocycles. The van der Waals surface area contributed by atoms with Crippen LogP contribution in [0, 0.1) is 0 Å². The second kappa shape index (κ2) is 12.9. The molecule has 0 saturated carbocycles. The monoisotopic (exact) mass is 460 g/mol. The predicted octanol–water partition coefficient (Wildman–Crippen LogP) is 7.13. The molecular formula is C26H34Cl2N2O. The molecule has 0 saturated heterocycles. The van der Waals surface area contributed by atoms with Crippen molar-refractivity contribution < 1.29 is 4.79 Å². The molecule has 2 atom stereocenters. The summed E-state index contributed by atoms with van der Waals surface area (Å²) < 4.78 is 0. The van der Waals surface area contributed by atoms with Crippen molar-refractivity contribution in [2.75, 3.05) is 13.6 Å². The van der Waals surface area contributed by atoms with Gasteiger partial charge >= 0.3 is 0 Å². The standard InChI is InChI=1S/C23H28Cl2N2O.C3H6/c1-27(23(28)9-3-2-6-14-26)22-13-11-17(18-7-4-5-8-19(18)22)16-10-12-20(24)21(25)15-16;1-3-2/h4-5,7-8,10,12,15,17,22H,2-3,6,9,11,13-14,26H2,1H3;3H,1H2,2H3. The molecule has 168 valence electrons. The summed E-state index contributed by atoms with van der Waals surface area (Å²) in [6.07, 6.45) is 7.15. The van der Waals surface area contributed by atoms with E-state index in [9.17, 15) is 4.79 Å². The van der Waals surface area contributed by atoms with E-state index in [1.807, 2.05) is 31.0 Å². The first-order valence-corrected chi connectivity index (χ1v) is 11.8. The van der Waals surface area contributed by atoms with E-state index in [2.05, 4.69) is 36.9 Å². The van der Waals surface area contributed by atoms with Crippen LogP contribution in [-0.2, 0) is 4.79 Å². The number of amides is 1. The number of hydrogen-bond acceptors (Lipinski definition) is 2. The van der Waals surface area contributed by atoms with Gasteiger partial charge in [0.2, 0.25) is 5.91 Å². The predicted molar refractivity (Wildman–Crippen MR) is 133 cm³/mol. The van der Waals surface area contributed by atoms with Crippen molar-refractivity contribution >= 4 is 29.1 Å². The molecule has 5 heteroatoms. The minimum atomic E-state index is 0.122. The molecular weight excluding hydrogens is 427 g/mol. The third kappa shape index (κ3) is 6.83. The largest absolute Gasteiger partial charge is 0.339 e. The number of carbonyl (C=O) groups is 1. The van der Waals surface area contributed by atoms with Gasteiger partial charge in [0.25, 0.3) is 0 Å². The molecule has 0 fully saturated rings. The summed E-state index contributed by atoms with van der Waals surface area (Å²) in [6, 6.07) is 14.5. The van der Waals surface area contributed by atoms with Crippen LogP contribution in [0.15, 0.2) is 55.1 Å². The normalized spacial score (nSPS) is 17.2. The summed E-state index contributed by atoms with van der Waals surface area (Å²) in [5.41, 5.74) is 9.24. The third-order valence-corrected chi connectivity index (χ3v) is 6.50. The maximum absolute atomic E-state index is 12.7. The number of carbonyl (C=O) groups excluding carboxylic acids is 1. The van der Waals surface area contributed by atoms with Crippen LogP contribution in [0.3, 0.4) is 0 Å². The maximum atomic E-state index is 12.7. The van der Waals surface area contributed by atoms with E-state index in [-0.39, 0.29) is 17.9 Å². The Kier molecular flexibility index (Phi) is 10.6. The van der Waals surface area contributed by atoms with Crippen LogP contribution in [0.2, 0.25) is 10.0 Å².